The van der Waals surface area contributed by atoms with Crippen LogP contribution in [0.3, 0.4) is 0 Å². The topological polar surface area (TPSA) is 0 Å². The minimum atomic E-state index is 0.438. The first-order chi connectivity index (χ1) is 8.75. The highest BCUT2D eigenvalue weighted by molar-refractivity contribution is 7.96. The van der Waals surface area contributed by atoms with E-state index in [-0.39, 0.29) is 0 Å². The minimum absolute atomic E-state index is 0.438. The Morgan fingerprint density at radius 2 is 1.61 bits per heavy atom. The van der Waals surface area contributed by atoms with Gasteiger partial charge in [0.05, 0.1) is 12.5 Å². The highest BCUT2D eigenvalue weighted by Crippen LogP contribution is 2.69. The second-order valence-corrected chi connectivity index (χ2v) is 7.96. The van der Waals surface area contributed by atoms with Crippen LogP contribution in [0, 0.1) is 0 Å². The van der Waals surface area contributed by atoms with Gasteiger partial charge >= 0.3 is 0 Å². The summed E-state index contributed by atoms with van der Waals surface area (Å²) in [5, 5.41) is 0. The van der Waals surface area contributed by atoms with Gasteiger partial charge in [0.2, 0.25) is 0 Å². The van der Waals surface area contributed by atoms with Crippen LogP contribution in [0.5, 0.6) is 0 Å². The molecule has 90 valence electrons. The van der Waals surface area contributed by atoms with Gasteiger partial charge in [0.25, 0.3) is 0 Å². The maximum absolute atomic E-state index is 2.41. The standard InChI is InChI=1S/C17H17S/c1-18(2)17-11-16(17)14-9-4-3-7-12(14)13-8-5-6-10-15(13)17/h3-10,16H,11H2,1-2H3/q+1/t16-,17-/m1/s1. The fraction of sp³-hybridized carbons (Fsp3) is 0.294. The second kappa shape index (κ2) is 3.42. The summed E-state index contributed by atoms with van der Waals surface area (Å²) >= 11 is 0. The zero-order chi connectivity index (χ0) is 12.3. The van der Waals surface area contributed by atoms with Crippen LogP contribution in [0.1, 0.15) is 23.5 Å². The molecule has 2 aromatic rings. The average Bonchev–Trinajstić information content (AvgIpc) is 3.16. The lowest BCUT2D eigenvalue weighted by Crippen LogP contribution is -2.24. The molecule has 0 bridgehead atoms. The summed E-state index contributed by atoms with van der Waals surface area (Å²) in [7, 11) is 0.438. The molecule has 0 aromatic heterocycles. The summed E-state index contributed by atoms with van der Waals surface area (Å²) < 4.78 is 0.449. The van der Waals surface area contributed by atoms with E-state index in [1.807, 2.05) is 0 Å². The molecule has 2 aliphatic carbocycles. The van der Waals surface area contributed by atoms with Crippen LogP contribution in [0.2, 0.25) is 0 Å². The Bertz CT molecular complexity index is 629. The molecule has 0 N–H and O–H groups in total. The maximum Gasteiger partial charge on any atom is 0.160 e. The van der Waals surface area contributed by atoms with Crippen LogP contribution >= 0.6 is 0 Å². The number of rotatable bonds is 1. The summed E-state index contributed by atoms with van der Waals surface area (Å²) in [6.45, 7) is 0. The van der Waals surface area contributed by atoms with Gasteiger partial charge in [0.1, 0.15) is 0 Å². The Hall–Kier alpha value is -1.21. The summed E-state index contributed by atoms with van der Waals surface area (Å²) in [6, 6.07) is 18.0. The second-order valence-electron chi connectivity index (χ2n) is 5.60. The zero-order valence-corrected chi connectivity index (χ0v) is 11.6. The van der Waals surface area contributed by atoms with Gasteiger partial charge in [0.15, 0.2) is 4.75 Å². The van der Waals surface area contributed by atoms with Gasteiger partial charge in [-0.3, -0.25) is 0 Å². The Balaban J connectivity index is 2.05. The first kappa shape index (κ1) is 10.7. The highest BCUT2D eigenvalue weighted by atomic mass is 32.2. The summed E-state index contributed by atoms with van der Waals surface area (Å²) in [5.41, 5.74) is 6.12. The van der Waals surface area contributed by atoms with Gasteiger partial charge < -0.3 is 0 Å². The third-order valence-electron chi connectivity index (χ3n) is 4.65. The van der Waals surface area contributed by atoms with Gasteiger partial charge in [0, 0.05) is 17.9 Å². The van der Waals surface area contributed by atoms with E-state index >= 15 is 0 Å². The zero-order valence-electron chi connectivity index (χ0n) is 10.8. The van der Waals surface area contributed by atoms with E-state index in [1.54, 1.807) is 11.1 Å². The van der Waals surface area contributed by atoms with Crippen LogP contribution in [0.4, 0.5) is 0 Å². The van der Waals surface area contributed by atoms with Crippen molar-refractivity contribution in [1.29, 1.82) is 0 Å². The lowest BCUT2D eigenvalue weighted by molar-refractivity contribution is 0.932. The predicted octanol–water partition coefficient (Wildman–Crippen LogP) is 3.93. The third kappa shape index (κ3) is 1.13. The molecule has 0 aliphatic heterocycles. The molecule has 2 atom stereocenters. The van der Waals surface area contributed by atoms with Crippen LogP contribution in [0.15, 0.2) is 48.5 Å². The van der Waals surface area contributed by atoms with E-state index in [0.717, 1.165) is 5.92 Å². The molecular weight excluding hydrogens is 236 g/mol. The average molecular weight is 253 g/mol. The largest absolute Gasteiger partial charge is 0.160 e. The van der Waals surface area contributed by atoms with Crippen LogP contribution in [-0.4, -0.2) is 12.5 Å². The van der Waals surface area contributed by atoms with E-state index in [0.29, 0.717) is 15.6 Å². The fourth-order valence-electron chi connectivity index (χ4n) is 3.71. The lowest BCUT2D eigenvalue weighted by atomic mass is 9.85. The number of hydrogen-bond donors (Lipinski definition) is 0. The van der Waals surface area contributed by atoms with Gasteiger partial charge in [-0.1, -0.05) is 48.5 Å². The molecule has 0 heterocycles. The van der Waals surface area contributed by atoms with Crippen molar-refractivity contribution in [3.8, 4) is 11.1 Å². The highest BCUT2D eigenvalue weighted by Gasteiger charge is 2.68. The first-order valence-electron chi connectivity index (χ1n) is 6.51. The van der Waals surface area contributed by atoms with E-state index in [2.05, 4.69) is 61.0 Å². The van der Waals surface area contributed by atoms with E-state index in [4.69, 9.17) is 0 Å². The molecule has 0 saturated heterocycles. The van der Waals surface area contributed by atoms with Gasteiger partial charge in [-0.05, 0) is 27.6 Å². The Morgan fingerprint density at radius 3 is 2.39 bits per heavy atom. The van der Waals surface area contributed by atoms with Crippen molar-refractivity contribution in [1.82, 2.24) is 0 Å². The van der Waals surface area contributed by atoms with E-state index < -0.39 is 0 Å². The van der Waals surface area contributed by atoms with E-state index in [9.17, 15) is 0 Å². The third-order valence-corrected chi connectivity index (χ3v) is 6.78. The molecule has 0 amide bonds. The molecule has 0 unspecified atom stereocenters. The van der Waals surface area contributed by atoms with Crippen molar-refractivity contribution in [2.45, 2.75) is 17.1 Å². The van der Waals surface area contributed by atoms with E-state index in [1.165, 1.54) is 17.5 Å². The molecule has 2 aromatic carbocycles. The van der Waals surface area contributed by atoms with Gasteiger partial charge in [-0.15, -0.1) is 0 Å². The molecule has 1 fully saturated rings. The smallest absolute Gasteiger partial charge is 0.0619 e. The maximum atomic E-state index is 2.41. The molecular formula is C17H17S+. The predicted molar refractivity (Wildman–Crippen MR) is 80.1 cm³/mol. The van der Waals surface area contributed by atoms with Crippen LogP contribution < -0.4 is 0 Å². The summed E-state index contributed by atoms with van der Waals surface area (Å²) in [6.07, 6.45) is 6.16. The fourth-order valence-corrected chi connectivity index (χ4v) is 5.52. The Kier molecular flexibility index (Phi) is 2.03. The van der Waals surface area contributed by atoms with Crippen LogP contribution in [0.25, 0.3) is 11.1 Å². The molecule has 0 nitrogen and oxygen atoms in total. The normalized spacial score (nSPS) is 27.4. The Labute approximate surface area is 111 Å². The molecule has 18 heavy (non-hydrogen) atoms. The van der Waals surface area contributed by atoms with Crippen molar-refractivity contribution >= 4 is 10.9 Å². The molecule has 1 heteroatoms. The molecule has 2 aliphatic rings. The van der Waals surface area contributed by atoms with Crippen molar-refractivity contribution in [3.63, 3.8) is 0 Å². The lowest BCUT2D eigenvalue weighted by Gasteiger charge is -2.25. The first-order valence-corrected chi connectivity index (χ1v) is 8.56. The molecule has 0 spiro atoms. The quantitative estimate of drug-likeness (QED) is 0.676. The molecule has 4 rings (SSSR count). The van der Waals surface area contributed by atoms with Crippen molar-refractivity contribution in [2.24, 2.45) is 0 Å². The Morgan fingerprint density at radius 1 is 0.944 bits per heavy atom. The number of hydrogen-bond acceptors (Lipinski definition) is 0. The minimum Gasteiger partial charge on any atom is -0.0619 e. The number of benzene rings is 2. The van der Waals surface area contributed by atoms with Crippen molar-refractivity contribution in [3.05, 3.63) is 59.7 Å². The summed E-state index contributed by atoms with van der Waals surface area (Å²) in [4.78, 5) is 0. The van der Waals surface area contributed by atoms with Gasteiger partial charge in [-0.25, -0.2) is 0 Å². The SMILES string of the molecule is C[S+](C)[C@@]12C[C@@H]1c1ccccc1-c1ccccc12. The van der Waals surface area contributed by atoms with Crippen molar-refractivity contribution in [2.75, 3.05) is 12.5 Å². The van der Waals surface area contributed by atoms with Crippen LogP contribution in [-0.2, 0) is 15.6 Å². The number of fused-ring (bicyclic) bond motifs is 6. The van der Waals surface area contributed by atoms with Gasteiger partial charge in [-0.2, -0.15) is 0 Å². The van der Waals surface area contributed by atoms with Crippen molar-refractivity contribution < 1.29 is 0 Å². The molecule has 0 radical (unpaired) electrons. The summed E-state index contributed by atoms with van der Waals surface area (Å²) in [5.74, 6) is 0.766. The molecule has 1 saturated carbocycles. The monoisotopic (exact) mass is 253 g/mol.